The number of anilines is 1. The van der Waals surface area contributed by atoms with Crippen molar-refractivity contribution in [1.29, 1.82) is 0 Å². The van der Waals surface area contributed by atoms with Gasteiger partial charge >= 0.3 is 0 Å². The third kappa shape index (κ3) is 3.69. The maximum absolute atomic E-state index is 5.97. The van der Waals surface area contributed by atoms with Crippen LogP contribution in [0, 0.1) is 6.92 Å². The van der Waals surface area contributed by atoms with Gasteiger partial charge in [0.05, 0.1) is 6.10 Å². The summed E-state index contributed by atoms with van der Waals surface area (Å²) in [4.78, 5) is 2.42. The molecule has 1 atom stereocenters. The Morgan fingerprint density at radius 3 is 2.76 bits per heavy atom. The number of aryl methyl sites for hydroxylation is 1. The van der Waals surface area contributed by atoms with Gasteiger partial charge in [-0.15, -0.1) is 0 Å². The third-order valence-corrected chi connectivity index (χ3v) is 4.51. The molecule has 0 radical (unpaired) electrons. The van der Waals surface area contributed by atoms with E-state index in [1.165, 1.54) is 11.3 Å². The molecule has 1 aromatic rings. The molecule has 2 aliphatic heterocycles. The number of piperidine rings is 1. The van der Waals surface area contributed by atoms with E-state index < -0.39 is 0 Å². The predicted molar refractivity (Wildman–Crippen MR) is 85.1 cm³/mol. The van der Waals surface area contributed by atoms with Crippen molar-refractivity contribution in [1.82, 2.24) is 0 Å². The summed E-state index contributed by atoms with van der Waals surface area (Å²) in [5, 5.41) is 0. The molecule has 2 aliphatic rings. The van der Waals surface area contributed by atoms with Crippen LogP contribution in [-0.2, 0) is 4.74 Å². The zero-order valence-electron chi connectivity index (χ0n) is 12.9. The number of hydrogen-bond acceptors (Lipinski definition) is 4. The van der Waals surface area contributed by atoms with Crippen molar-refractivity contribution in [3.8, 4) is 5.75 Å². The van der Waals surface area contributed by atoms with E-state index in [4.69, 9.17) is 15.2 Å². The molecule has 2 heterocycles. The van der Waals surface area contributed by atoms with Crippen molar-refractivity contribution in [2.75, 3.05) is 31.2 Å². The number of hydrogen-bond donors (Lipinski definition) is 1. The number of ether oxygens (including phenoxy) is 2. The summed E-state index contributed by atoms with van der Waals surface area (Å²) in [6.07, 6.45) is 4.70. The Balaban J connectivity index is 1.59. The Labute approximate surface area is 127 Å². The molecule has 2 N–H and O–H groups in total. The van der Waals surface area contributed by atoms with Crippen molar-refractivity contribution in [2.24, 2.45) is 5.73 Å². The quantitative estimate of drug-likeness (QED) is 0.925. The van der Waals surface area contributed by atoms with Gasteiger partial charge in [-0.1, -0.05) is 0 Å². The van der Waals surface area contributed by atoms with Crippen LogP contribution in [0.1, 0.15) is 31.2 Å². The minimum atomic E-state index is 0.271. The number of rotatable bonds is 4. The number of nitrogens with two attached hydrogens (primary N) is 1. The highest BCUT2D eigenvalue weighted by Gasteiger charge is 2.18. The molecule has 0 spiro atoms. The summed E-state index contributed by atoms with van der Waals surface area (Å²) < 4.78 is 11.5. The largest absolute Gasteiger partial charge is 0.491 e. The van der Waals surface area contributed by atoms with Crippen LogP contribution in [0.25, 0.3) is 0 Å². The molecule has 116 valence electrons. The fraction of sp³-hybridized carbons (Fsp3) is 0.647. The molecule has 4 nitrogen and oxygen atoms in total. The first-order valence-electron chi connectivity index (χ1n) is 8.08. The van der Waals surface area contributed by atoms with E-state index in [2.05, 4.69) is 30.0 Å². The molecule has 0 aromatic heterocycles. The molecule has 0 saturated carbocycles. The topological polar surface area (TPSA) is 47.7 Å². The van der Waals surface area contributed by atoms with Crippen molar-refractivity contribution in [2.45, 2.75) is 44.8 Å². The van der Waals surface area contributed by atoms with E-state index in [-0.39, 0.29) is 6.10 Å². The van der Waals surface area contributed by atoms with E-state index in [1.54, 1.807) is 0 Å². The maximum atomic E-state index is 5.97. The summed E-state index contributed by atoms with van der Waals surface area (Å²) in [5.41, 5.74) is 8.45. The second kappa shape index (κ2) is 6.67. The smallest absolute Gasteiger partial charge is 0.122 e. The van der Waals surface area contributed by atoms with Crippen molar-refractivity contribution < 1.29 is 9.47 Å². The average Bonchev–Trinajstić information content (AvgIpc) is 3.00. The van der Waals surface area contributed by atoms with Gasteiger partial charge in [0.15, 0.2) is 0 Å². The fourth-order valence-corrected chi connectivity index (χ4v) is 3.11. The fourth-order valence-electron chi connectivity index (χ4n) is 3.11. The molecule has 1 aromatic carbocycles. The van der Waals surface area contributed by atoms with Gasteiger partial charge in [-0.3, -0.25) is 0 Å². The Morgan fingerprint density at radius 2 is 2.10 bits per heavy atom. The van der Waals surface area contributed by atoms with E-state index in [0.717, 1.165) is 51.1 Å². The SMILES string of the molecule is Cc1cc(N2CCC(N)CC2)ccc1OCC1CCCO1. The zero-order valence-corrected chi connectivity index (χ0v) is 12.9. The molecule has 0 amide bonds. The first-order chi connectivity index (χ1) is 10.2. The molecule has 0 bridgehead atoms. The van der Waals surface area contributed by atoms with Crippen LogP contribution in [0.3, 0.4) is 0 Å². The van der Waals surface area contributed by atoms with Crippen molar-refractivity contribution >= 4 is 5.69 Å². The summed E-state index contributed by atoms with van der Waals surface area (Å²) in [5.74, 6) is 0.975. The van der Waals surface area contributed by atoms with Gasteiger partial charge in [0.2, 0.25) is 0 Å². The van der Waals surface area contributed by atoms with Crippen LogP contribution in [-0.4, -0.2) is 38.4 Å². The Hall–Kier alpha value is -1.26. The van der Waals surface area contributed by atoms with Gasteiger partial charge in [0.1, 0.15) is 12.4 Å². The Bertz CT molecular complexity index is 464. The molecule has 3 rings (SSSR count). The molecule has 0 aliphatic carbocycles. The lowest BCUT2D eigenvalue weighted by Gasteiger charge is -2.32. The van der Waals surface area contributed by atoms with Gasteiger partial charge in [-0.2, -0.15) is 0 Å². The number of benzene rings is 1. The van der Waals surface area contributed by atoms with Crippen LogP contribution >= 0.6 is 0 Å². The summed E-state index contributed by atoms with van der Waals surface area (Å²) >= 11 is 0. The normalized spacial score (nSPS) is 23.5. The van der Waals surface area contributed by atoms with E-state index >= 15 is 0 Å². The molecular formula is C17H26N2O2. The predicted octanol–water partition coefficient (Wildman–Crippen LogP) is 2.48. The van der Waals surface area contributed by atoms with Crippen LogP contribution in [0.5, 0.6) is 5.75 Å². The highest BCUT2D eigenvalue weighted by molar-refractivity contribution is 5.53. The van der Waals surface area contributed by atoms with Gasteiger partial charge in [0.25, 0.3) is 0 Å². The van der Waals surface area contributed by atoms with Crippen LogP contribution in [0.15, 0.2) is 18.2 Å². The Kier molecular flexibility index (Phi) is 4.66. The molecule has 4 heteroatoms. The van der Waals surface area contributed by atoms with Crippen LogP contribution in [0.2, 0.25) is 0 Å². The third-order valence-electron chi connectivity index (χ3n) is 4.51. The zero-order chi connectivity index (χ0) is 14.7. The Morgan fingerprint density at radius 1 is 1.29 bits per heavy atom. The van der Waals surface area contributed by atoms with Gasteiger partial charge in [-0.25, -0.2) is 0 Å². The lowest BCUT2D eigenvalue weighted by molar-refractivity contribution is 0.0677. The summed E-state index contributed by atoms with van der Waals surface area (Å²) in [6.45, 7) is 5.76. The maximum Gasteiger partial charge on any atom is 0.122 e. The van der Waals surface area contributed by atoms with E-state index in [9.17, 15) is 0 Å². The standard InChI is InChI=1S/C17H26N2O2/c1-13-11-15(19-8-6-14(18)7-9-19)4-5-17(13)21-12-16-3-2-10-20-16/h4-5,11,14,16H,2-3,6-10,12,18H2,1H3. The summed E-state index contributed by atoms with van der Waals surface area (Å²) in [6, 6.07) is 6.85. The second-order valence-electron chi connectivity index (χ2n) is 6.22. The molecule has 2 saturated heterocycles. The van der Waals surface area contributed by atoms with E-state index in [1.807, 2.05) is 0 Å². The van der Waals surface area contributed by atoms with Crippen molar-refractivity contribution in [3.05, 3.63) is 23.8 Å². The lowest BCUT2D eigenvalue weighted by atomic mass is 10.0. The second-order valence-corrected chi connectivity index (χ2v) is 6.22. The first-order valence-corrected chi connectivity index (χ1v) is 8.08. The minimum Gasteiger partial charge on any atom is -0.491 e. The van der Waals surface area contributed by atoms with Crippen molar-refractivity contribution in [3.63, 3.8) is 0 Å². The minimum absolute atomic E-state index is 0.271. The number of nitrogens with zero attached hydrogens (tertiary/aromatic N) is 1. The van der Waals surface area contributed by atoms with Gasteiger partial charge < -0.3 is 20.1 Å². The highest BCUT2D eigenvalue weighted by Crippen LogP contribution is 2.27. The van der Waals surface area contributed by atoms with Gasteiger partial charge in [-0.05, 0) is 56.4 Å². The highest BCUT2D eigenvalue weighted by atomic mass is 16.5. The monoisotopic (exact) mass is 290 g/mol. The summed E-state index contributed by atoms with van der Waals surface area (Å²) in [7, 11) is 0. The first kappa shape index (κ1) is 14.7. The molecule has 2 fully saturated rings. The van der Waals surface area contributed by atoms with Crippen LogP contribution in [0.4, 0.5) is 5.69 Å². The molecule has 1 unspecified atom stereocenters. The average molecular weight is 290 g/mol. The van der Waals surface area contributed by atoms with Crippen LogP contribution < -0.4 is 15.4 Å². The lowest BCUT2D eigenvalue weighted by Crippen LogP contribution is -2.39. The van der Waals surface area contributed by atoms with Gasteiger partial charge in [0, 0.05) is 31.4 Å². The molecular weight excluding hydrogens is 264 g/mol. The molecule has 21 heavy (non-hydrogen) atoms. The van der Waals surface area contributed by atoms with E-state index in [0.29, 0.717) is 12.6 Å².